The van der Waals surface area contributed by atoms with Gasteiger partial charge >= 0.3 is 5.97 Å². The van der Waals surface area contributed by atoms with Gasteiger partial charge in [-0.1, -0.05) is 29.8 Å². The van der Waals surface area contributed by atoms with Gasteiger partial charge in [-0.05, 0) is 55.7 Å². The lowest BCUT2D eigenvalue weighted by Crippen LogP contribution is -2.33. The molecular weight excluding hydrogens is 500 g/mol. The average Bonchev–Trinajstić information content (AvgIpc) is 2.86. The van der Waals surface area contributed by atoms with Crippen molar-refractivity contribution in [1.29, 1.82) is 0 Å². The van der Waals surface area contributed by atoms with Crippen LogP contribution in [0.3, 0.4) is 0 Å². The summed E-state index contributed by atoms with van der Waals surface area (Å²) in [6.07, 6.45) is 1.38. The third-order valence-electron chi connectivity index (χ3n) is 5.10. The number of aromatic nitrogens is 1. The zero-order valence-electron chi connectivity index (χ0n) is 21.4. The molecule has 1 unspecified atom stereocenters. The van der Waals surface area contributed by atoms with Gasteiger partial charge in [-0.25, -0.2) is 4.98 Å². The van der Waals surface area contributed by atoms with Crippen molar-refractivity contribution in [3.63, 3.8) is 0 Å². The summed E-state index contributed by atoms with van der Waals surface area (Å²) in [5.41, 5.74) is 2.81. The van der Waals surface area contributed by atoms with Crippen LogP contribution in [0.15, 0.2) is 48.7 Å². The molecule has 198 valence electrons. The minimum atomic E-state index is -0.707. The summed E-state index contributed by atoms with van der Waals surface area (Å²) >= 11 is 5.56. The highest BCUT2D eigenvalue weighted by atomic mass is 35.5. The predicted octanol–water partition coefficient (Wildman–Crippen LogP) is 4.37. The number of methoxy groups -OCH3 is 2. The van der Waals surface area contributed by atoms with Crippen molar-refractivity contribution in [2.24, 2.45) is 0 Å². The van der Waals surface area contributed by atoms with Crippen LogP contribution >= 0.6 is 11.6 Å². The van der Waals surface area contributed by atoms with Crippen molar-refractivity contribution in [3.05, 3.63) is 76.1 Å². The number of aryl methyl sites for hydroxylation is 2. The number of ether oxygens (including phenoxy) is 3. The van der Waals surface area contributed by atoms with Gasteiger partial charge in [-0.15, -0.1) is 0 Å². The van der Waals surface area contributed by atoms with Crippen LogP contribution in [0.25, 0.3) is 0 Å². The maximum atomic E-state index is 12.1. The smallest absolute Gasteiger partial charge is 0.325 e. The van der Waals surface area contributed by atoms with Gasteiger partial charge in [0.25, 0.3) is 5.91 Å². The lowest BCUT2D eigenvalue weighted by atomic mass is 10.1. The molecule has 1 heterocycles. The van der Waals surface area contributed by atoms with E-state index in [2.05, 4.69) is 10.3 Å². The normalized spacial score (nSPS) is 11.0. The average molecular weight is 531 g/mol. The van der Waals surface area contributed by atoms with Gasteiger partial charge < -0.3 is 29.7 Å². The predicted molar refractivity (Wildman–Crippen MR) is 140 cm³/mol. The third-order valence-corrected chi connectivity index (χ3v) is 5.40. The van der Waals surface area contributed by atoms with Crippen molar-refractivity contribution in [2.45, 2.75) is 33.3 Å². The molecule has 1 aromatic heterocycles. The molecule has 0 bridgehead atoms. The maximum absolute atomic E-state index is 12.1. The SMILES string of the molecule is COc1cc(C)ccc1CC(C)OC(=O)CNC(=O)c1nccc(OC)c1O.Cc1ccc(O)c(Cl)c1. The Labute approximate surface area is 221 Å². The molecule has 0 saturated carbocycles. The van der Waals surface area contributed by atoms with Gasteiger partial charge in [-0.2, -0.15) is 0 Å². The van der Waals surface area contributed by atoms with E-state index in [0.717, 1.165) is 22.4 Å². The van der Waals surface area contributed by atoms with Gasteiger partial charge in [0.05, 0.1) is 19.2 Å². The van der Waals surface area contributed by atoms with E-state index in [1.807, 2.05) is 32.0 Å². The van der Waals surface area contributed by atoms with E-state index < -0.39 is 23.7 Å². The maximum Gasteiger partial charge on any atom is 0.325 e. The Bertz CT molecular complexity index is 1230. The van der Waals surface area contributed by atoms with E-state index in [0.29, 0.717) is 11.4 Å². The van der Waals surface area contributed by atoms with Crippen LogP contribution in [0, 0.1) is 13.8 Å². The zero-order valence-corrected chi connectivity index (χ0v) is 22.1. The molecular formula is C27H31ClN2O7. The van der Waals surface area contributed by atoms with Crippen LogP contribution in [0.4, 0.5) is 0 Å². The first-order chi connectivity index (χ1) is 17.5. The molecule has 2 aromatic carbocycles. The summed E-state index contributed by atoms with van der Waals surface area (Å²) in [7, 11) is 2.95. The Morgan fingerprint density at radius 1 is 1.00 bits per heavy atom. The fraction of sp³-hybridized carbons (Fsp3) is 0.296. The van der Waals surface area contributed by atoms with Gasteiger partial charge in [-0.3, -0.25) is 9.59 Å². The molecule has 10 heteroatoms. The van der Waals surface area contributed by atoms with E-state index in [1.54, 1.807) is 32.2 Å². The first-order valence-electron chi connectivity index (χ1n) is 11.3. The van der Waals surface area contributed by atoms with Gasteiger partial charge in [0.15, 0.2) is 17.2 Å². The molecule has 3 N–H and O–H groups in total. The van der Waals surface area contributed by atoms with Crippen LogP contribution in [-0.4, -0.2) is 53.9 Å². The molecule has 0 aliphatic heterocycles. The molecule has 3 rings (SSSR count). The van der Waals surface area contributed by atoms with Crippen molar-refractivity contribution >= 4 is 23.5 Å². The highest BCUT2D eigenvalue weighted by Gasteiger charge is 2.19. The number of esters is 1. The zero-order chi connectivity index (χ0) is 27.5. The van der Waals surface area contributed by atoms with E-state index in [9.17, 15) is 14.7 Å². The molecule has 1 amide bonds. The lowest BCUT2D eigenvalue weighted by Gasteiger charge is -2.16. The fourth-order valence-corrected chi connectivity index (χ4v) is 3.49. The Hall–Kier alpha value is -3.98. The molecule has 0 spiro atoms. The number of hydrogen-bond donors (Lipinski definition) is 3. The number of phenolic OH excluding ortho intramolecular Hbond substituents is 1. The first-order valence-corrected chi connectivity index (χ1v) is 11.7. The minimum Gasteiger partial charge on any atom is -0.506 e. The summed E-state index contributed by atoms with van der Waals surface area (Å²) in [4.78, 5) is 27.9. The van der Waals surface area contributed by atoms with Crippen molar-refractivity contribution < 1.29 is 34.0 Å². The van der Waals surface area contributed by atoms with Crippen molar-refractivity contribution in [1.82, 2.24) is 10.3 Å². The van der Waals surface area contributed by atoms with Crippen LogP contribution in [0.2, 0.25) is 5.02 Å². The number of benzene rings is 2. The molecule has 0 aliphatic rings. The van der Waals surface area contributed by atoms with E-state index >= 15 is 0 Å². The highest BCUT2D eigenvalue weighted by Crippen LogP contribution is 2.27. The number of pyridine rings is 1. The van der Waals surface area contributed by atoms with E-state index in [1.165, 1.54) is 19.4 Å². The summed E-state index contributed by atoms with van der Waals surface area (Å²) in [6.45, 7) is 5.29. The summed E-state index contributed by atoms with van der Waals surface area (Å²) in [5.74, 6) is -0.715. The summed E-state index contributed by atoms with van der Waals surface area (Å²) in [5, 5.41) is 21.6. The largest absolute Gasteiger partial charge is 0.506 e. The topological polar surface area (TPSA) is 127 Å². The molecule has 9 nitrogen and oxygen atoms in total. The number of hydrogen-bond acceptors (Lipinski definition) is 8. The minimum absolute atomic E-state index is 0.114. The highest BCUT2D eigenvalue weighted by molar-refractivity contribution is 6.32. The fourth-order valence-electron chi connectivity index (χ4n) is 3.25. The van der Waals surface area contributed by atoms with Crippen LogP contribution in [-0.2, 0) is 16.0 Å². The summed E-state index contributed by atoms with van der Waals surface area (Å²) in [6, 6.07) is 12.3. The molecule has 0 aliphatic carbocycles. The van der Waals surface area contributed by atoms with E-state index in [4.69, 9.17) is 30.9 Å². The Kier molecular flexibility index (Phi) is 11.0. The molecule has 0 saturated heterocycles. The lowest BCUT2D eigenvalue weighted by molar-refractivity contribution is -0.146. The first kappa shape index (κ1) is 29.3. The molecule has 0 fully saturated rings. The monoisotopic (exact) mass is 530 g/mol. The van der Waals surface area contributed by atoms with Crippen molar-refractivity contribution in [3.8, 4) is 23.0 Å². The number of carbonyl (C=O) groups excluding carboxylic acids is 2. The second kappa shape index (κ2) is 13.9. The second-order valence-corrected chi connectivity index (χ2v) is 8.58. The molecule has 3 aromatic rings. The number of rotatable bonds is 8. The molecule has 1 atom stereocenters. The third kappa shape index (κ3) is 8.88. The number of nitrogens with one attached hydrogen (secondary N) is 1. The number of halogens is 1. The summed E-state index contributed by atoms with van der Waals surface area (Å²) < 4.78 is 15.6. The van der Waals surface area contributed by atoms with E-state index in [-0.39, 0.29) is 23.7 Å². The number of aromatic hydroxyl groups is 2. The van der Waals surface area contributed by atoms with Crippen molar-refractivity contribution in [2.75, 3.05) is 20.8 Å². The van der Waals surface area contributed by atoms with Gasteiger partial charge in [0.2, 0.25) is 0 Å². The van der Waals surface area contributed by atoms with Crippen LogP contribution in [0.1, 0.15) is 34.1 Å². The standard InChI is InChI=1S/C20H24N2O6.C7H7ClO/c1-12-5-6-14(16(9-12)27-4)10-13(2)28-17(23)11-22-20(25)18-19(24)15(26-3)7-8-21-18;1-5-2-3-7(9)6(8)4-5/h5-9,13,24H,10-11H2,1-4H3,(H,22,25);2-4,9H,1H3. The molecule has 0 radical (unpaired) electrons. The number of carbonyl (C=O) groups is 2. The Morgan fingerprint density at radius 3 is 2.27 bits per heavy atom. The number of phenols is 1. The van der Waals surface area contributed by atoms with Gasteiger partial charge in [0.1, 0.15) is 24.1 Å². The van der Waals surface area contributed by atoms with Crippen LogP contribution < -0.4 is 14.8 Å². The molecule has 37 heavy (non-hydrogen) atoms. The Balaban J connectivity index is 0.000000449. The number of amides is 1. The number of nitrogens with zero attached hydrogens (tertiary/aromatic N) is 1. The second-order valence-electron chi connectivity index (χ2n) is 8.17. The quantitative estimate of drug-likeness (QED) is 0.366. The van der Waals surface area contributed by atoms with Gasteiger partial charge in [0, 0.05) is 18.7 Å². The Morgan fingerprint density at radius 2 is 1.65 bits per heavy atom. The van der Waals surface area contributed by atoms with Crippen LogP contribution in [0.5, 0.6) is 23.0 Å².